The number of unbranched alkanes of at least 4 members (excludes halogenated alkanes) is 1. The van der Waals surface area contributed by atoms with Gasteiger partial charge in [-0.1, -0.05) is 13.3 Å². The van der Waals surface area contributed by atoms with E-state index >= 15 is 0 Å². The van der Waals surface area contributed by atoms with E-state index < -0.39 is 0 Å². The Labute approximate surface area is 80.3 Å². The average molecular weight is 186 g/mol. The van der Waals surface area contributed by atoms with Crippen LogP contribution in [0.5, 0.6) is 0 Å². The van der Waals surface area contributed by atoms with E-state index in [-0.39, 0.29) is 0 Å². The largest absolute Gasteiger partial charge is 0.370 e. The predicted molar refractivity (Wildman–Crippen MR) is 51.3 cm³/mol. The van der Waals surface area contributed by atoms with Crippen molar-refractivity contribution in [3.8, 4) is 0 Å². The van der Waals surface area contributed by atoms with Crippen molar-refractivity contribution in [2.24, 2.45) is 0 Å². The van der Waals surface area contributed by atoms with Gasteiger partial charge >= 0.3 is 5.91 Å². The van der Waals surface area contributed by atoms with Crippen LogP contribution in [0.3, 0.4) is 0 Å². The Morgan fingerprint density at radius 3 is 2.54 bits per heavy atom. The van der Waals surface area contributed by atoms with E-state index in [1.807, 2.05) is 7.05 Å². The van der Waals surface area contributed by atoms with Crippen molar-refractivity contribution in [2.45, 2.75) is 26.2 Å². The second-order valence-corrected chi connectivity index (χ2v) is 3.95. The van der Waals surface area contributed by atoms with Crippen LogP contribution in [-0.4, -0.2) is 43.7 Å². The molecule has 0 atom stereocenters. The first-order chi connectivity index (χ1) is 6.19. The summed E-state index contributed by atoms with van der Waals surface area (Å²) in [4.78, 5) is 11.8. The highest BCUT2D eigenvalue weighted by molar-refractivity contribution is 5.68. The lowest BCUT2D eigenvalue weighted by Gasteiger charge is -2.34. The molecule has 0 spiro atoms. The standard InChI is InChI=1S/C10H20NO2/c1-3-4-5-10(12)11(2)6-8-13-9-7-11/h3-9H2,1-2H3/q+1. The zero-order valence-corrected chi connectivity index (χ0v) is 8.71. The number of hydrogen-bond donors (Lipinski definition) is 0. The van der Waals surface area contributed by atoms with Crippen LogP contribution in [0.25, 0.3) is 0 Å². The molecule has 1 fully saturated rings. The third kappa shape index (κ3) is 2.78. The zero-order chi connectivity index (χ0) is 9.73. The number of rotatable bonds is 3. The summed E-state index contributed by atoms with van der Waals surface area (Å²) < 4.78 is 5.84. The van der Waals surface area contributed by atoms with Gasteiger partial charge in [0.1, 0.15) is 13.1 Å². The molecule has 13 heavy (non-hydrogen) atoms. The quantitative estimate of drug-likeness (QED) is 0.619. The molecule has 1 heterocycles. The fourth-order valence-electron chi connectivity index (χ4n) is 1.59. The third-order valence-electron chi connectivity index (χ3n) is 2.80. The number of amides is 1. The van der Waals surface area contributed by atoms with Gasteiger partial charge in [-0.25, -0.2) is 4.79 Å². The van der Waals surface area contributed by atoms with E-state index in [1.54, 1.807) is 0 Å². The van der Waals surface area contributed by atoms with Gasteiger partial charge in [-0.05, 0) is 6.42 Å². The second kappa shape index (κ2) is 4.72. The van der Waals surface area contributed by atoms with Gasteiger partial charge in [-0.3, -0.25) is 4.48 Å². The highest BCUT2D eigenvalue weighted by Gasteiger charge is 2.32. The summed E-state index contributed by atoms with van der Waals surface area (Å²) in [5, 5.41) is 0. The van der Waals surface area contributed by atoms with E-state index in [9.17, 15) is 4.79 Å². The van der Waals surface area contributed by atoms with Crippen LogP contribution in [0.15, 0.2) is 0 Å². The van der Waals surface area contributed by atoms with E-state index in [1.165, 1.54) is 0 Å². The predicted octanol–water partition coefficient (Wildman–Crippen LogP) is 1.18. The minimum atomic E-state index is 0.380. The van der Waals surface area contributed by atoms with Crippen molar-refractivity contribution in [1.82, 2.24) is 0 Å². The number of ether oxygens (including phenoxy) is 1. The number of carbonyl (C=O) groups excluding carboxylic acids is 1. The van der Waals surface area contributed by atoms with Crippen LogP contribution in [0.1, 0.15) is 26.2 Å². The topological polar surface area (TPSA) is 26.3 Å². The fraction of sp³-hybridized carbons (Fsp3) is 0.900. The molecule has 0 bridgehead atoms. The normalized spacial score (nSPS) is 21.4. The molecule has 1 rings (SSSR count). The van der Waals surface area contributed by atoms with E-state index in [2.05, 4.69) is 6.92 Å². The summed E-state index contributed by atoms with van der Waals surface area (Å²) in [5.74, 6) is 0.380. The summed E-state index contributed by atoms with van der Waals surface area (Å²) in [7, 11) is 2.03. The van der Waals surface area contributed by atoms with E-state index in [0.717, 1.165) is 45.6 Å². The van der Waals surface area contributed by atoms with Crippen molar-refractivity contribution in [3.05, 3.63) is 0 Å². The molecule has 1 aliphatic rings. The van der Waals surface area contributed by atoms with Crippen LogP contribution in [-0.2, 0) is 9.53 Å². The number of quaternary nitrogens is 1. The minimum Gasteiger partial charge on any atom is -0.370 e. The molecule has 3 heteroatoms. The van der Waals surface area contributed by atoms with Gasteiger partial charge in [0.25, 0.3) is 0 Å². The maximum absolute atomic E-state index is 11.8. The maximum atomic E-state index is 11.8. The summed E-state index contributed by atoms with van der Waals surface area (Å²) >= 11 is 0. The lowest BCUT2D eigenvalue weighted by Crippen LogP contribution is -2.55. The molecule has 0 unspecified atom stereocenters. The van der Waals surface area contributed by atoms with Crippen molar-refractivity contribution < 1.29 is 14.0 Å². The summed E-state index contributed by atoms with van der Waals surface area (Å²) in [6, 6.07) is 0. The van der Waals surface area contributed by atoms with Gasteiger partial charge in [0.15, 0.2) is 0 Å². The highest BCUT2D eigenvalue weighted by atomic mass is 16.5. The van der Waals surface area contributed by atoms with E-state index in [0.29, 0.717) is 10.4 Å². The lowest BCUT2D eigenvalue weighted by atomic mass is 10.2. The molecule has 0 aromatic rings. The van der Waals surface area contributed by atoms with Crippen LogP contribution in [0.2, 0.25) is 0 Å². The average Bonchev–Trinajstić information content (AvgIpc) is 2.15. The maximum Gasteiger partial charge on any atom is 0.313 e. The molecule has 0 N–H and O–H groups in total. The number of hydrogen-bond acceptors (Lipinski definition) is 2. The van der Waals surface area contributed by atoms with Gasteiger partial charge in [0.05, 0.1) is 26.7 Å². The molecule has 0 aromatic heterocycles. The lowest BCUT2D eigenvalue weighted by molar-refractivity contribution is -0.843. The fourth-order valence-corrected chi connectivity index (χ4v) is 1.59. The van der Waals surface area contributed by atoms with Crippen LogP contribution in [0.4, 0.5) is 0 Å². The van der Waals surface area contributed by atoms with Gasteiger partial charge in [-0.2, -0.15) is 0 Å². The number of likely N-dealkylation sites (N-methyl/N-ethyl adjacent to an activating group) is 1. The van der Waals surface area contributed by atoms with Crippen molar-refractivity contribution in [1.29, 1.82) is 0 Å². The number of nitrogens with zero attached hydrogens (tertiary/aromatic N) is 1. The Bertz CT molecular complexity index is 174. The Kier molecular flexibility index (Phi) is 3.88. The Morgan fingerprint density at radius 2 is 2.00 bits per heavy atom. The van der Waals surface area contributed by atoms with E-state index in [4.69, 9.17) is 4.74 Å². The molecule has 0 radical (unpaired) electrons. The van der Waals surface area contributed by atoms with Crippen LogP contribution < -0.4 is 0 Å². The molecule has 0 aliphatic carbocycles. The van der Waals surface area contributed by atoms with Gasteiger partial charge in [-0.15, -0.1) is 0 Å². The molecule has 0 saturated carbocycles. The monoisotopic (exact) mass is 186 g/mol. The molecule has 1 amide bonds. The smallest absolute Gasteiger partial charge is 0.313 e. The summed E-state index contributed by atoms with van der Waals surface area (Å²) in [5.41, 5.74) is 0. The Balaban J connectivity index is 2.42. The molecule has 1 saturated heterocycles. The third-order valence-corrected chi connectivity index (χ3v) is 2.80. The highest BCUT2D eigenvalue weighted by Crippen LogP contribution is 2.12. The summed E-state index contributed by atoms with van der Waals surface area (Å²) in [6.45, 7) is 5.28. The van der Waals surface area contributed by atoms with Crippen molar-refractivity contribution >= 4 is 5.91 Å². The van der Waals surface area contributed by atoms with Gasteiger partial charge in [0.2, 0.25) is 0 Å². The molecular weight excluding hydrogens is 166 g/mol. The Morgan fingerprint density at radius 1 is 1.38 bits per heavy atom. The van der Waals surface area contributed by atoms with Gasteiger partial charge < -0.3 is 4.74 Å². The number of morpholine rings is 1. The first-order valence-electron chi connectivity index (χ1n) is 5.15. The SMILES string of the molecule is CCCCC(=O)[N+]1(C)CCOCC1. The number of carbonyl (C=O) groups is 1. The van der Waals surface area contributed by atoms with Crippen LogP contribution >= 0.6 is 0 Å². The summed E-state index contributed by atoms with van der Waals surface area (Å²) in [6.07, 6.45) is 2.85. The first-order valence-corrected chi connectivity index (χ1v) is 5.15. The molecule has 76 valence electrons. The minimum absolute atomic E-state index is 0.380. The Hall–Kier alpha value is -0.410. The van der Waals surface area contributed by atoms with Gasteiger partial charge in [0, 0.05) is 0 Å². The molecular formula is C10H20NO2+. The second-order valence-electron chi connectivity index (χ2n) is 3.95. The zero-order valence-electron chi connectivity index (χ0n) is 8.71. The van der Waals surface area contributed by atoms with Crippen LogP contribution in [0, 0.1) is 0 Å². The first kappa shape index (κ1) is 10.7. The molecule has 0 aromatic carbocycles. The van der Waals surface area contributed by atoms with Crippen molar-refractivity contribution in [2.75, 3.05) is 33.4 Å². The van der Waals surface area contributed by atoms with Crippen molar-refractivity contribution in [3.63, 3.8) is 0 Å². The molecule has 3 nitrogen and oxygen atoms in total. The molecule has 1 aliphatic heterocycles.